The molecule has 0 aromatic carbocycles. The number of carbonyl (C=O) groups excluding carboxylic acids is 1. The number of dihydropyridines is 1. The minimum absolute atomic E-state index is 0.0120. The van der Waals surface area contributed by atoms with Crippen LogP contribution in [0.4, 0.5) is 0 Å². The van der Waals surface area contributed by atoms with Crippen LogP contribution < -0.4 is 10.6 Å². The van der Waals surface area contributed by atoms with Gasteiger partial charge < -0.3 is 10.6 Å². The van der Waals surface area contributed by atoms with E-state index in [0.29, 0.717) is 18.6 Å². The molecule has 4 heteroatoms. The minimum atomic E-state index is 0.0120. The molecule has 0 saturated carbocycles. The second kappa shape index (κ2) is 5.82. The molecule has 2 aliphatic heterocycles. The van der Waals surface area contributed by atoms with E-state index >= 15 is 0 Å². The van der Waals surface area contributed by atoms with Crippen molar-refractivity contribution in [3.63, 3.8) is 0 Å². The van der Waals surface area contributed by atoms with Gasteiger partial charge in [0.1, 0.15) is 5.78 Å². The third-order valence-electron chi connectivity index (χ3n) is 4.30. The minimum Gasteiger partial charge on any atom is -0.383 e. The Labute approximate surface area is 125 Å². The highest BCUT2D eigenvalue weighted by Gasteiger charge is 2.34. The van der Waals surface area contributed by atoms with Gasteiger partial charge in [-0.2, -0.15) is 0 Å². The average Bonchev–Trinajstić information content (AvgIpc) is 2.47. The molecule has 1 aromatic rings. The number of allylic oxidation sites excluding steroid dienone is 2. The number of hydrogen-bond donors (Lipinski definition) is 2. The van der Waals surface area contributed by atoms with Crippen LogP contribution in [0.25, 0.3) is 0 Å². The summed E-state index contributed by atoms with van der Waals surface area (Å²) in [7, 11) is 0. The number of rotatable bonds is 2. The van der Waals surface area contributed by atoms with Gasteiger partial charge in [-0.05, 0) is 43.3 Å². The van der Waals surface area contributed by atoms with Gasteiger partial charge in [0.15, 0.2) is 0 Å². The molecule has 0 bridgehead atoms. The Morgan fingerprint density at radius 2 is 2.14 bits per heavy atom. The summed E-state index contributed by atoms with van der Waals surface area (Å²) in [6.45, 7) is 4.15. The second-order valence-corrected chi connectivity index (χ2v) is 5.89. The van der Waals surface area contributed by atoms with Gasteiger partial charge in [-0.1, -0.05) is 12.1 Å². The third-order valence-corrected chi connectivity index (χ3v) is 4.30. The lowest BCUT2D eigenvalue weighted by Gasteiger charge is -2.37. The highest BCUT2D eigenvalue weighted by atomic mass is 16.1. The Kier molecular flexibility index (Phi) is 3.88. The molecule has 1 unspecified atom stereocenters. The monoisotopic (exact) mass is 283 g/mol. The Balaban J connectivity index is 1.82. The van der Waals surface area contributed by atoms with Crippen molar-refractivity contribution in [3.05, 3.63) is 53.5 Å². The average molecular weight is 283 g/mol. The molecule has 0 amide bonds. The number of hydrogen-bond acceptors (Lipinski definition) is 4. The number of Topliss-reactive ketones (excluding diaryl/α,β-unsaturated/α-hetero) is 1. The summed E-state index contributed by atoms with van der Waals surface area (Å²) in [6, 6.07) is 4.27. The maximum absolute atomic E-state index is 12.2. The smallest absolute Gasteiger partial charge is 0.136 e. The van der Waals surface area contributed by atoms with Crippen molar-refractivity contribution in [1.82, 2.24) is 15.6 Å². The normalized spacial score (nSPS) is 29.0. The van der Waals surface area contributed by atoms with Crippen LogP contribution in [-0.2, 0) is 4.79 Å². The summed E-state index contributed by atoms with van der Waals surface area (Å²) in [5.74, 6) is 0.304. The highest BCUT2D eigenvalue weighted by molar-refractivity contribution is 5.81. The quantitative estimate of drug-likeness (QED) is 0.873. The molecule has 3 heterocycles. The van der Waals surface area contributed by atoms with Crippen molar-refractivity contribution in [3.8, 4) is 0 Å². The number of aryl methyl sites for hydroxylation is 1. The zero-order valence-corrected chi connectivity index (χ0v) is 12.5. The first-order valence-electron chi connectivity index (χ1n) is 7.44. The SMILES string of the molecule is CC1=CC=CNC1[C@H]1CC(=O)C[C@@H](c2ncccc2C)N1. The topological polar surface area (TPSA) is 54.0 Å². The first kappa shape index (κ1) is 14.0. The van der Waals surface area contributed by atoms with E-state index in [0.717, 1.165) is 11.3 Å². The maximum atomic E-state index is 12.2. The second-order valence-electron chi connectivity index (χ2n) is 5.89. The number of nitrogens with zero attached hydrogens (tertiary/aromatic N) is 1. The Hall–Kier alpha value is -1.94. The summed E-state index contributed by atoms with van der Waals surface area (Å²) in [5, 5.41) is 6.98. The van der Waals surface area contributed by atoms with Crippen LogP contribution in [0.1, 0.15) is 37.1 Å². The van der Waals surface area contributed by atoms with Crippen LogP contribution in [-0.4, -0.2) is 22.9 Å². The van der Waals surface area contributed by atoms with E-state index in [2.05, 4.69) is 28.6 Å². The van der Waals surface area contributed by atoms with Crippen molar-refractivity contribution in [2.24, 2.45) is 0 Å². The largest absolute Gasteiger partial charge is 0.383 e. The standard InChI is InChI=1S/C17H21N3O/c1-11-5-3-7-18-16(11)14-9-13(21)10-15(20-14)17-12(2)6-4-8-19-17/h3-8,14-16,18,20H,9-10H2,1-2H3/t14-,15+,16?/m1/s1. The molecule has 2 N–H and O–H groups in total. The molecule has 0 spiro atoms. The first-order valence-corrected chi connectivity index (χ1v) is 7.44. The van der Waals surface area contributed by atoms with Crippen molar-refractivity contribution >= 4 is 5.78 Å². The highest BCUT2D eigenvalue weighted by Crippen LogP contribution is 2.27. The molecule has 110 valence electrons. The predicted molar refractivity (Wildman–Crippen MR) is 82.7 cm³/mol. The van der Waals surface area contributed by atoms with Gasteiger partial charge in [-0.15, -0.1) is 0 Å². The summed E-state index contributed by atoms with van der Waals surface area (Å²) < 4.78 is 0. The number of carbonyl (C=O) groups is 1. The summed E-state index contributed by atoms with van der Waals surface area (Å²) in [4.78, 5) is 16.7. The van der Waals surface area contributed by atoms with E-state index in [1.54, 1.807) is 6.20 Å². The lowest BCUT2D eigenvalue weighted by atomic mass is 9.87. The number of ketones is 1. The van der Waals surface area contributed by atoms with E-state index in [1.165, 1.54) is 5.57 Å². The van der Waals surface area contributed by atoms with Gasteiger partial charge >= 0.3 is 0 Å². The molecule has 1 aromatic heterocycles. The van der Waals surface area contributed by atoms with E-state index in [1.807, 2.05) is 31.3 Å². The first-order chi connectivity index (χ1) is 10.1. The maximum Gasteiger partial charge on any atom is 0.136 e. The van der Waals surface area contributed by atoms with E-state index in [4.69, 9.17) is 0 Å². The van der Waals surface area contributed by atoms with Crippen LogP contribution in [0.15, 0.2) is 42.3 Å². The molecule has 2 aliphatic rings. The Morgan fingerprint density at radius 1 is 1.29 bits per heavy atom. The fourth-order valence-electron chi connectivity index (χ4n) is 3.21. The summed E-state index contributed by atoms with van der Waals surface area (Å²) >= 11 is 0. The fraction of sp³-hybridized carbons (Fsp3) is 0.412. The summed E-state index contributed by atoms with van der Waals surface area (Å²) in [6.07, 6.45) is 8.93. The third kappa shape index (κ3) is 2.90. The number of piperidine rings is 1. The van der Waals surface area contributed by atoms with Crippen LogP contribution in [0.2, 0.25) is 0 Å². The van der Waals surface area contributed by atoms with Crippen molar-refractivity contribution < 1.29 is 4.79 Å². The number of nitrogens with one attached hydrogen (secondary N) is 2. The molecule has 0 radical (unpaired) electrons. The van der Waals surface area contributed by atoms with E-state index in [9.17, 15) is 4.79 Å². The van der Waals surface area contributed by atoms with Crippen molar-refractivity contribution in [2.45, 2.75) is 44.8 Å². The van der Waals surface area contributed by atoms with Crippen LogP contribution in [0.3, 0.4) is 0 Å². The molecule has 4 nitrogen and oxygen atoms in total. The Bertz CT molecular complexity index is 606. The molecule has 3 rings (SSSR count). The van der Waals surface area contributed by atoms with Gasteiger partial charge in [-0.3, -0.25) is 9.78 Å². The van der Waals surface area contributed by atoms with E-state index in [-0.39, 0.29) is 18.1 Å². The van der Waals surface area contributed by atoms with Gasteiger partial charge in [-0.25, -0.2) is 0 Å². The number of pyridine rings is 1. The van der Waals surface area contributed by atoms with Crippen LogP contribution >= 0.6 is 0 Å². The van der Waals surface area contributed by atoms with Crippen molar-refractivity contribution in [1.29, 1.82) is 0 Å². The Morgan fingerprint density at radius 3 is 2.90 bits per heavy atom. The zero-order chi connectivity index (χ0) is 14.8. The molecule has 21 heavy (non-hydrogen) atoms. The van der Waals surface area contributed by atoms with Gasteiger partial charge in [0.25, 0.3) is 0 Å². The van der Waals surface area contributed by atoms with Gasteiger partial charge in [0.05, 0.1) is 17.8 Å². The van der Waals surface area contributed by atoms with Gasteiger partial charge in [0.2, 0.25) is 0 Å². The predicted octanol–water partition coefficient (Wildman–Crippen LogP) is 2.18. The fourth-order valence-corrected chi connectivity index (χ4v) is 3.21. The lowest BCUT2D eigenvalue weighted by molar-refractivity contribution is -0.121. The van der Waals surface area contributed by atoms with Crippen LogP contribution in [0, 0.1) is 6.92 Å². The molecular formula is C17H21N3O. The molecular weight excluding hydrogens is 262 g/mol. The van der Waals surface area contributed by atoms with Gasteiger partial charge in [0, 0.05) is 25.1 Å². The van der Waals surface area contributed by atoms with Crippen molar-refractivity contribution in [2.75, 3.05) is 0 Å². The molecule has 1 fully saturated rings. The summed E-state index contributed by atoms with van der Waals surface area (Å²) in [5.41, 5.74) is 3.37. The lowest BCUT2D eigenvalue weighted by Crippen LogP contribution is -2.53. The molecule has 0 aliphatic carbocycles. The number of aromatic nitrogens is 1. The molecule has 3 atom stereocenters. The van der Waals surface area contributed by atoms with Crippen LogP contribution in [0.5, 0.6) is 0 Å². The molecule has 1 saturated heterocycles. The zero-order valence-electron chi connectivity index (χ0n) is 12.5. The van der Waals surface area contributed by atoms with E-state index < -0.39 is 0 Å².